The van der Waals surface area contributed by atoms with E-state index in [1.54, 1.807) is 6.20 Å². The van der Waals surface area contributed by atoms with Gasteiger partial charge in [0.15, 0.2) is 0 Å². The number of rotatable bonds is 1. The van der Waals surface area contributed by atoms with E-state index in [0.717, 1.165) is 22.4 Å². The predicted octanol–water partition coefficient (Wildman–Crippen LogP) is 2.57. The van der Waals surface area contributed by atoms with E-state index in [2.05, 4.69) is 22.1 Å². The molecule has 0 saturated carbocycles. The number of alkyl carbamates (subject to hydrolysis) is 1. The third-order valence-corrected chi connectivity index (χ3v) is 3.31. The van der Waals surface area contributed by atoms with Gasteiger partial charge in [-0.1, -0.05) is 24.0 Å². The highest BCUT2D eigenvalue weighted by Crippen LogP contribution is 2.18. The van der Waals surface area contributed by atoms with Crippen molar-refractivity contribution in [1.82, 2.24) is 10.3 Å². The van der Waals surface area contributed by atoms with Crippen LogP contribution in [0.5, 0.6) is 0 Å². The van der Waals surface area contributed by atoms with E-state index in [-0.39, 0.29) is 12.1 Å². The molecule has 1 aliphatic rings. The molecule has 1 saturated heterocycles. The van der Waals surface area contributed by atoms with Crippen LogP contribution in [-0.2, 0) is 4.74 Å². The lowest BCUT2D eigenvalue weighted by Gasteiger charge is -2.07. The second kappa shape index (κ2) is 5.68. The minimum absolute atomic E-state index is 0.0978. The summed E-state index contributed by atoms with van der Waals surface area (Å²) in [4.78, 5) is 15.3. The van der Waals surface area contributed by atoms with Crippen molar-refractivity contribution >= 4 is 6.09 Å². The highest BCUT2D eigenvalue weighted by molar-refractivity contribution is 5.70. The fourth-order valence-corrected chi connectivity index (χ4v) is 2.15. The number of aromatic nitrogens is 1. The largest absolute Gasteiger partial charge is 0.447 e. The Hall–Kier alpha value is -2.80. The molecule has 1 N–H and O–H groups in total. The zero-order valence-electron chi connectivity index (χ0n) is 11.6. The van der Waals surface area contributed by atoms with Crippen molar-refractivity contribution in [2.24, 2.45) is 0 Å². The van der Waals surface area contributed by atoms with Crippen LogP contribution in [0.1, 0.15) is 28.4 Å². The number of ether oxygens (including phenoxy) is 1. The van der Waals surface area contributed by atoms with Gasteiger partial charge in [-0.05, 0) is 36.8 Å². The van der Waals surface area contributed by atoms with Gasteiger partial charge in [0, 0.05) is 17.3 Å². The Morgan fingerprint density at radius 1 is 1.29 bits per heavy atom. The minimum Gasteiger partial charge on any atom is -0.447 e. The van der Waals surface area contributed by atoms with Gasteiger partial charge >= 0.3 is 6.09 Å². The standard InChI is InChI=1S/C17H14N2O2/c1-12-14(6-3-9-18-12)8-7-13-4-2-5-15(10-13)16-11-21-17(20)19-16/h2-6,9-10,16H,11H2,1H3,(H,19,20)/t16-/m0/s1. The maximum absolute atomic E-state index is 11.1. The van der Waals surface area contributed by atoms with Gasteiger partial charge in [0.25, 0.3) is 0 Å². The van der Waals surface area contributed by atoms with Gasteiger partial charge in [0.1, 0.15) is 6.61 Å². The lowest BCUT2D eigenvalue weighted by Crippen LogP contribution is -2.18. The molecule has 4 heteroatoms. The Balaban J connectivity index is 1.84. The van der Waals surface area contributed by atoms with Crippen molar-refractivity contribution in [2.45, 2.75) is 13.0 Å². The predicted molar refractivity (Wildman–Crippen MR) is 78.6 cm³/mol. The molecular formula is C17H14N2O2. The summed E-state index contributed by atoms with van der Waals surface area (Å²) in [5, 5.41) is 2.76. The summed E-state index contributed by atoms with van der Waals surface area (Å²) in [5.74, 6) is 6.26. The van der Waals surface area contributed by atoms with Crippen molar-refractivity contribution < 1.29 is 9.53 Å². The lowest BCUT2D eigenvalue weighted by molar-refractivity contribution is 0.177. The molecule has 0 radical (unpaired) electrons. The Kier molecular flexibility index (Phi) is 3.57. The van der Waals surface area contributed by atoms with Crippen molar-refractivity contribution in [3.63, 3.8) is 0 Å². The van der Waals surface area contributed by atoms with E-state index in [0.29, 0.717) is 6.61 Å². The minimum atomic E-state index is -0.373. The number of benzene rings is 1. The first-order valence-corrected chi connectivity index (χ1v) is 6.69. The highest BCUT2D eigenvalue weighted by Gasteiger charge is 2.23. The smallest absolute Gasteiger partial charge is 0.407 e. The van der Waals surface area contributed by atoms with E-state index >= 15 is 0 Å². The van der Waals surface area contributed by atoms with Gasteiger partial charge in [0.2, 0.25) is 0 Å². The van der Waals surface area contributed by atoms with E-state index in [9.17, 15) is 4.79 Å². The number of amides is 1. The molecule has 21 heavy (non-hydrogen) atoms. The first-order chi connectivity index (χ1) is 10.2. The van der Waals surface area contributed by atoms with E-state index in [1.165, 1.54) is 0 Å². The zero-order valence-corrected chi connectivity index (χ0v) is 11.6. The number of nitrogens with one attached hydrogen (secondary N) is 1. The number of hydrogen-bond acceptors (Lipinski definition) is 3. The van der Waals surface area contributed by atoms with Crippen molar-refractivity contribution in [3.8, 4) is 11.8 Å². The normalized spacial score (nSPS) is 16.6. The molecular weight excluding hydrogens is 264 g/mol. The summed E-state index contributed by atoms with van der Waals surface area (Å²) in [7, 11) is 0. The van der Waals surface area contributed by atoms with Crippen LogP contribution in [0.15, 0.2) is 42.6 Å². The monoisotopic (exact) mass is 278 g/mol. The van der Waals surface area contributed by atoms with Gasteiger partial charge in [-0.15, -0.1) is 0 Å². The summed E-state index contributed by atoms with van der Waals surface area (Å²) < 4.78 is 4.91. The second-order valence-corrected chi connectivity index (χ2v) is 4.81. The van der Waals surface area contributed by atoms with Gasteiger partial charge in [0.05, 0.1) is 11.7 Å². The maximum Gasteiger partial charge on any atom is 0.407 e. The molecule has 0 bridgehead atoms. The summed E-state index contributed by atoms with van der Waals surface area (Å²) in [6.07, 6.45) is 1.38. The number of hydrogen-bond donors (Lipinski definition) is 1. The van der Waals surface area contributed by atoms with Gasteiger partial charge in [-0.25, -0.2) is 4.79 Å². The SMILES string of the molecule is Cc1ncccc1C#Cc1cccc([C@@H]2COC(=O)N2)c1. The summed E-state index contributed by atoms with van der Waals surface area (Å²) in [6, 6.07) is 11.5. The third kappa shape index (κ3) is 3.03. The fraction of sp³-hybridized carbons (Fsp3) is 0.176. The summed E-state index contributed by atoms with van der Waals surface area (Å²) in [6.45, 7) is 2.29. The molecule has 1 fully saturated rings. The molecule has 1 amide bonds. The van der Waals surface area contributed by atoms with Crippen molar-refractivity contribution in [1.29, 1.82) is 0 Å². The zero-order chi connectivity index (χ0) is 14.7. The van der Waals surface area contributed by atoms with E-state index in [1.807, 2.05) is 43.3 Å². The molecule has 2 aromatic rings. The van der Waals surface area contributed by atoms with Gasteiger partial charge in [-0.3, -0.25) is 4.98 Å². The summed E-state index contributed by atoms with van der Waals surface area (Å²) >= 11 is 0. The Morgan fingerprint density at radius 3 is 2.95 bits per heavy atom. The Labute approximate surface area is 123 Å². The van der Waals surface area contributed by atoms with Crippen LogP contribution < -0.4 is 5.32 Å². The van der Waals surface area contributed by atoms with Crippen molar-refractivity contribution in [2.75, 3.05) is 6.61 Å². The van der Waals surface area contributed by atoms with Crippen LogP contribution in [0, 0.1) is 18.8 Å². The average molecular weight is 278 g/mol. The van der Waals surface area contributed by atoms with Crippen molar-refractivity contribution in [3.05, 3.63) is 65.0 Å². The molecule has 1 aromatic carbocycles. The summed E-state index contributed by atoms with van der Waals surface area (Å²) in [5.41, 5.74) is 3.73. The van der Waals surface area contributed by atoms with Crippen LogP contribution in [0.3, 0.4) is 0 Å². The number of pyridine rings is 1. The van der Waals surface area contributed by atoms with E-state index in [4.69, 9.17) is 4.74 Å². The van der Waals surface area contributed by atoms with Crippen LogP contribution >= 0.6 is 0 Å². The number of cyclic esters (lactones) is 1. The molecule has 104 valence electrons. The van der Waals surface area contributed by atoms with Crippen LogP contribution in [-0.4, -0.2) is 17.7 Å². The molecule has 1 aliphatic heterocycles. The first-order valence-electron chi connectivity index (χ1n) is 6.69. The molecule has 0 unspecified atom stereocenters. The number of carbonyl (C=O) groups is 1. The number of carbonyl (C=O) groups excluding carboxylic acids is 1. The molecule has 1 aromatic heterocycles. The molecule has 4 nitrogen and oxygen atoms in total. The Morgan fingerprint density at radius 2 is 2.19 bits per heavy atom. The first kappa shape index (κ1) is 13.2. The second-order valence-electron chi connectivity index (χ2n) is 4.81. The quantitative estimate of drug-likeness (QED) is 0.816. The maximum atomic E-state index is 11.1. The van der Waals surface area contributed by atoms with Gasteiger partial charge < -0.3 is 10.1 Å². The number of aryl methyl sites for hydroxylation is 1. The molecule has 2 heterocycles. The number of nitrogens with zero attached hydrogens (tertiary/aromatic N) is 1. The van der Waals surface area contributed by atoms with E-state index < -0.39 is 0 Å². The van der Waals surface area contributed by atoms with Gasteiger partial charge in [-0.2, -0.15) is 0 Å². The third-order valence-electron chi connectivity index (χ3n) is 3.31. The highest BCUT2D eigenvalue weighted by atomic mass is 16.6. The Bertz CT molecular complexity index is 744. The average Bonchev–Trinajstić information content (AvgIpc) is 2.93. The molecule has 0 aliphatic carbocycles. The molecule has 3 rings (SSSR count). The van der Waals surface area contributed by atoms with Crippen LogP contribution in [0.4, 0.5) is 4.79 Å². The van der Waals surface area contributed by atoms with Crippen LogP contribution in [0.2, 0.25) is 0 Å². The lowest BCUT2D eigenvalue weighted by atomic mass is 10.0. The molecule has 1 atom stereocenters. The molecule has 0 spiro atoms. The fourth-order valence-electron chi connectivity index (χ4n) is 2.15. The topological polar surface area (TPSA) is 51.2 Å². The van der Waals surface area contributed by atoms with Crippen LogP contribution in [0.25, 0.3) is 0 Å².